The summed E-state index contributed by atoms with van der Waals surface area (Å²) in [5.41, 5.74) is 1.95. The Balaban J connectivity index is 1.71. The predicted octanol–water partition coefficient (Wildman–Crippen LogP) is 1.90. The molecule has 26 heavy (non-hydrogen) atoms. The van der Waals surface area contributed by atoms with Crippen molar-refractivity contribution >= 4 is 15.9 Å². The standard InChI is InChI=1S/C19H22N2O4S/c1-20(2)26(23,24)18-9-8-15-10-11-21(13-16(15)12-18)19(22)14-25-17-6-4-3-5-7-17/h3-9,12H,10-11,13-14H2,1-2H3. The number of carbonyl (C=O) groups excluding carboxylic acids is 1. The van der Waals surface area contributed by atoms with Crippen molar-refractivity contribution in [3.05, 3.63) is 59.7 Å². The summed E-state index contributed by atoms with van der Waals surface area (Å²) in [5.74, 6) is 0.540. The van der Waals surface area contributed by atoms with Crippen LogP contribution >= 0.6 is 0 Å². The van der Waals surface area contributed by atoms with Crippen molar-refractivity contribution in [3.63, 3.8) is 0 Å². The Labute approximate surface area is 154 Å². The van der Waals surface area contributed by atoms with Gasteiger partial charge in [0, 0.05) is 27.2 Å². The molecule has 2 aromatic carbocycles. The second-order valence-corrected chi connectivity index (χ2v) is 8.54. The number of ether oxygens (including phenoxy) is 1. The van der Waals surface area contributed by atoms with Crippen molar-refractivity contribution in [2.24, 2.45) is 0 Å². The minimum absolute atomic E-state index is 0.0327. The lowest BCUT2D eigenvalue weighted by Crippen LogP contribution is -2.39. The summed E-state index contributed by atoms with van der Waals surface area (Å²) in [5, 5.41) is 0. The molecule has 0 atom stereocenters. The molecule has 0 radical (unpaired) electrons. The monoisotopic (exact) mass is 374 g/mol. The van der Waals surface area contributed by atoms with E-state index in [1.54, 1.807) is 29.2 Å². The Bertz CT molecular complexity index is 895. The van der Waals surface area contributed by atoms with Crippen molar-refractivity contribution in [1.29, 1.82) is 0 Å². The molecular formula is C19H22N2O4S. The maximum absolute atomic E-state index is 12.4. The van der Waals surface area contributed by atoms with Crippen LogP contribution in [0.5, 0.6) is 5.75 Å². The van der Waals surface area contributed by atoms with E-state index < -0.39 is 10.0 Å². The van der Waals surface area contributed by atoms with E-state index in [2.05, 4.69) is 0 Å². The van der Waals surface area contributed by atoms with Gasteiger partial charge in [0.15, 0.2) is 6.61 Å². The summed E-state index contributed by atoms with van der Waals surface area (Å²) in [6, 6.07) is 14.3. The average molecular weight is 374 g/mol. The number of carbonyl (C=O) groups is 1. The molecule has 0 bridgehead atoms. The fraction of sp³-hybridized carbons (Fsp3) is 0.316. The van der Waals surface area contributed by atoms with E-state index in [-0.39, 0.29) is 17.4 Å². The summed E-state index contributed by atoms with van der Waals surface area (Å²) in [4.78, 5) is 14.4. The second-order valence-electron chi connectivity index (χ2n) is 6.38. The average Bonchev–Trinajstić information content (AvgIpc) is 2.65. The molecule has 0 spiro atoms. The van der Waals surface area contributed by atoms with E-state index in [0.29, 0.717) is 25.3 Å². The molecule has 7 heteroatoms. The maximum atomic E-state index is 12.4. The number of hydrogen-bond donors (Lipinski definition) is 0. The molecule has 0 N–H and O–H groups in total. The van der Waals surface area contributed by atoms with E-state index in [9.17, 15) is 13.2 Å². The van der Waals surface area contributed by atoms with E-state index in [1.165, 1.54) is 18.4 Å². The minimum Gasteiger partial charge on any atom is -0.484 e. The minimum atomic E-state index is -3.49. The van der Waals surface area contributed by atoms with Crippen LogP contribution in [0.2, 0.25) is 0 Å². The number of nitrogens with zero attached hydrogens (tertiary/aromatic N) is 2. The van der Waals surface area contributed by atoms with E-state index in [1.807, 2.05) is 24.3 Å². The quantitative estimate of drug-likeness (QED) is 0.802. The molecule has 0 aromatic heterocycles. The van der Waals surface area contributed by atoms with Gasteiger partial charge in [-0.2, -0.15) is 0 Å². The van der Waals surface area contributed by atoms with Crippen LogP contribution in [-0.2, 0) is 27.8 Å². The first-order valence-corrected chi connectivity index (χ1v) is 9.82. The Kier molecular flexibility index (Phi) is 5.29. The van der Waals surface area contributed by atoms with Gasteiger partial charge in [-0.1, -0.05) is 24.3 Å². The number of para-hydroxylation sites is 1. The molecule has 1 heterocycles. The highest BCUT2D eigenvalue weighted by atomic mass is 32.2. The van der Waals surface area contributed by atoms with Gasteiger partial charge >= 0.3 is 0 Å². The van der Waals surface area contributed by atoms with Crippen molar-refractivity contribution in [1.82, 2.24) is 9.21 Å². The van der Waals surface area contributed by atoms with E-state index >= 15 is 0 Å². The van der Waals surface area contributed by atoms with Gasteiger partial charge in [-0.25, -0.2) is 12.7 Å². The van der Waals surface area contributed by atoms with Crippen LogP contribution in [0.4, 0.5) is 0 Å². The number of hydrogen-bond acceptors (Lipinski definition) is 4. The molecule has 6 nitrogen and oxygen atoms in total. The molecule has 1 aliphatic rings. The molecule has 0 aliphatic carbocycles. The highest BCUT2D eigenvalue weighted by molar-refractivity contribution is 7.89. The van der Waals surface area contributed by atoms with E-state index in [0.717, 1.165) is 11.1 Å². The first-order valence-electron chi connectivity index (χ1n) is 8.38. The highest BCUT2D eigenvalue weighted by Gasteiger charge is 2.24. The fourth-order valence-electron chi connectivity index (χ4n) is 2.87. The third-order valence-corrected chi connectivity index (χ3v) is 6.24. The number of sulfonamides is 1. The molecule has 2 aromatic rings. The van der Waals surface area contributed by atoms with Crippen molar-refractivity contribution in [2.75, 3.05) is 27.2 Å². The van der Waals surface area contributed by atoms with Crippen LogP contribution in [0.3, 0.4) is 0 Å². The summed E-state index contributed by atoms with van der Waals surface area (Å²) in [6.45, 7) is 0.960. The zero-order valence-electron chi connectivity index (χ0n) is 14.9. The Morgan fingerprint density at radius 1 is 1.12 bits per heavy atom. The Hall–Kier alpha value is -2.38. The largest absolute Gasteiger partial charge is 0.484 e. The van der Waals surface area contributed by atoms with E-state index in [4.69, 9.17) is 4.74 Å². The lowest BCUT2D eigenvalue weighted by atomic mass is 10.00. The lowest BCUT2D eigenvalue weighted by molar-refractivity contribution is -0.134. The molecule has 0 fully saturated rings. The van der Waals surface area contributed by atoms with Crippen LogP contribution < -0.4 is 4.74 Å². The lowest BCUT2D eigenvalue weighted by Gasteiger charge is -2.29. The summed E-state index contributed by atoms with van der Waals surface area (Å²) in [7, 11) is -0.478. The number of benzene rings is 2. The third-order valence-electron chi connectivity index (χ3n) is 4.43. The van der Waals surface area contributed by atoms with Gasteiger partial charge in [0.2, 0.25) is 10.0 Å². The third kappa shape index (κ3) is 3.89. The van der Waals surface area contributed by atoms with Gasteiger partial charge in [0.25, 0.3) is 5.91 Å². The SMILES string of the molecule is CN(C)S(=O)(=O)c1ccc2c(c1)CN(C(=O)COc1ccccc1)CC2. The molecule has 0 saturated carbocycles. The van der Waals surface area contributed by atoms with Crippen LogP contribution in [0.25, 0.3) is 0 Å². The van der Waals surface area contributed by atoms with Crippen LogP contribution in [0, 0.1) is 0 Å². The van der Waals surface area contributed by atoms with Gasteiger partial charge in [-0.3, -0.25) is 4.79 Å². The van der Waals surface area contributed by atoms with Gasteiger partial charge in [0.1, 0.15) is 5.75 Å². The van der Waals surface area contributed by atoms with Crippen molar-refractivity contribution in [3.8, 4) is 5.75 Å². The summed E-state index contributed by atoms with van der Waals surface area (Å²) >= 11 is 0. The first kappa shape index (κ1) is 18.4. The predicted molar refractivity (Wildman–Crippen MR) is 98.4 cm³/mol. The molecule has 0 unspecified atom stereocenters. The topological polar surface area (TPSA) is 66.9 Å². The van der Waals surface area contributed by atoms with Crippen LogP contribution in [-0.4, -0.2) is 50.8 Å². The van der Waals surface area contributed by atoms with Gasteiger partial charge in [0.05, 0.1) is 4.90 Å². The molecule has 1 aliphatic heterocycles. The van der Waals surface area contributed by atoms with Crippen molar-refractivity contribution < 1.29 is 17.9 Å². The zero-order valence-corrected chi connectivity index (χ0v) is 15.7. The summed E-state index contributed by atoms with van der Waals surface area (Å²) in [6.07, 6.45) is 0.703. The smallest absolute Gasteiger partial charge is 0.260 e. The number of fused-ring (bicyclic) bond motifs is 1. The van der Waals surface area contributed by atoms with Gasteiger partial charge in [-0.05, 0) is 41.8 Å². The first-order chi connectivity index (χ1) is 12.4. The Morgan fingerprint density at radius 2 is 1.85 bits per heavy atom. The highest BCUT2D eigenvalue weighted by Crippen LogP contribution is 2.24. The molecule has 138 valence electrons. The van der Waals surface area contributed by atoms with Crippen molar-refractivity contribution in [2.45, 2.75) is 17.9 Å². The van der Waals surface area contributed by atoms with Crippen LogP contribution in [0.15, 0.2) is 53.4 Å². The maximum Gasteiger partial charge on any atom is 0.260 e. The van der Waals surface area contributed by atoms with Gasteiger partial charge in [-0.15, -0.1) is 0 Å². The second kappa shape index (κ2) is 7.47. The summed E-state index contributed by atoms with van der Waals surface area (Å²) < 4.78 is 31.3. The molecular weight excluding hydrogens is 352 g/mol. The fourth-order valence-corrected chi connectivity index (χ4v) is 3.82. The normalized spacial score (nSPS) is 14.2. The van der Waals surface area contributed by atoms with Gasteiger partial charge < -0.3 is 9.64 Å². The molecule has 1 amide bonds. The Morgan fingerprint density at radius 3 is 2.54 bits per heavy atom. The molecule has 3 rings (SSSR count). The number of rotatable bonds is 5. The van der Waals surface area contributed by atoms with Crippen LogP contribution in [0.1, 0.15) is 11.1 Å². The number of amides is 1. The zero-order chi connectivity index (χ0) is 18.7. The molecule has 0 saturated heterocycles.